The summed E-state index contributed by atoms with van der Waals surface area (Å²) in [5, 5.41) is 3.45. The van der Waals surface area contributed by atoms with E-state index in [0.717, 1.165) is 11.4 Å². The van der Waals surface area contributed by atoms with Gasteiger partial charge in [-0.2, -0.15) is 0 Å². The van der Waals surface area contributed by atoms with Crippen molar-refractivity contribution in [1.82, 2.24) is 5.32 Å². The second kappa shape index (κ2) is 6.25. The van der Waals surface area contributed by atoms with E-state index < -0.39 is 0 Å². The van der Waals surface area contributed by atoms with Crippen LogP contribution in [0, 0.1) is 6.92 Å². The first-order valence-corrected chi connectivity index (χ1v) is 7.02. The van der Waals surface area contributed by atoms with Crippen molar-refractivity contribution in [2.24, 2.45) is 5.73 Å². The van der Waals surface area contributed by atoms with Gasteiger partial charge in [-0.15, -0.1) is 11.8 Å². The Morgan fingerprint density at radius 3 is 2.56 bits per heavy atom. The van der Waals surface area contributed by atoms with E-state index in [9.17, 15) is 4.79 Å². The molecule has 1 amide bonds. The molecule has 4 heteroatoms. The Morgan fingerprint density at radius 2 is 2.06 bits per heavy atom. The van der Waals surface area contributed by atoms with Gasteiger partial charge in [-0.05, 0) is 44.9 Å². The highest BCUT2D eigenvalue weighted by Crippen LogP contribution is 2.23. The number of aryl methyl sites for hydroxylation is 1. The molecule has 1 aromatic rings. The zero-order valence-corrected chi connectivity index (χ0v) is 12.4. The first-order valence-electron chi connectivity index (χ1n) is 6.03. The number of benzene rings is 1. The normalized spacial score (nSPS) is 11.6. The van der Waals surface area contributed by atoms with Crippen LogP contribution >= 0.6 is 11.8 Å². The number of thioether (sulfide) groups is 1. The van der Waals surface area contributed by atoms with Crippen molar-refractivity contribution in [3.8, 4) is 0 Å². The van der Waals surface area contributed by atoms with Crippen LogP contribution in [0.15, 0.2) is 23.1 Å². The van der Waals surface area contributed by atoms with Gasteiger partial charge in [0.2, 0.25) is 5.91 Å². The molecule has 0 aromatic heterocycles. The van der Waals surface area contributed by atoms with E-state index in [4.69, 9.17) is 5.73 Å². The molecule has 3 nitrogen and oxygen atoms in total. The first-order chi connectivity index (χ1) is 8.28. The number of nitrogens with two attached hydrogens (primary N) is 1. The van der Waals surface area contributed by atoms with Crippen LogP contribution in [0.4, 0.5) is 0 Å². The first kappa shape index (κ1) is 15.1. The Kier molecular flexibility index (Phi) is 5.23. The summed E-state index contributed by atoms with van der Waals surface area (Å²) in [6.45, 7) is 9.36. The Hall–Kier alpha value is -1.00. The van der Waals surface area contributed by atoms with Crippen LogP contribution in [-0.4, -0.2) is 17.2 Å². The molecule has 0 atom stereocenters. The van der Waals surface area contributed by atoms with Gasteiger partial charge in [0, 0.05) is 17.0 Å². The number of primary amides is 1. The van der Waals surface area contributed by atoms with E-state index in [-0.39, 0.29) is 11.4 Å². The predicted molar refractivity (Wildman–Crippen MR) is 77.7 cm³/mol. The molecule has 1 aromatic carbocycles. The molecule has 18 heavy (non-hydrogen) atoms. The van der Waals surface area contributed by atoms with E-state index in [1.807, 2.05) is 0 Å². The van der Waals surface area contributed by atoms with E-state index >= 15 is 0 Å². The molecule has 0 aliphatic carbocycles. The van der Waals surface area contributed by atoms with Gasteiger partial charge >= 0.3 is 0 Å². The second-order valence-corrected chi connectivity index (χ2v) is 6.48. The Labute approximate surface area is 114 Å². The zero-order valence-electron chi connectivity index (χ0n) is 11.5. The fraction of sp³-hybridized carbons (Fsp3) is 0.500. The molecule has 0 aliphatic heterocycles. The number of rotatable bonds is 5. The molecule has 0 heterocycles. The van der Waals surface area contributed by atoms with Crippen LogP contribution in [-0.2, 0) is 11.3 Å². The van der Waals surface area contributed by atoms with E-state index in [0.29, 0.717) is 5.75 Å². The van der Waals surface area contributed by atoms with Crippen LogP contribution in [0.2, 0.25) is 0 Å². The van der Waals surface area contributed by atoms with Crippen molar-refractivity contribution in [2.45, 2.75) is 44.7 Å². The molecule has 0 bridgehead atoms. The highest BCUT2D eigenvalue weighted by atomic mass is 32.2. The minimum absolute atomic E-state index is 0.118. The fourth-order valence-corrected chi connectivity index (χ4v) is 2.25. The zero-order chi connectivity index (χ0) is 13.8. The molecule has 100 valence electrons. The summed E-state index contributed by atoms with van der Waals surface area (Å²) in [6, 6.07) is 6.31. The minimum Gasteiger partial charge on any atom is -0.369 e. The summed E-state index contributed by atoms with van der Waals surface area (Å²) in [7, 11) is 0. The Bertz CT molecular complexity index is 424. The molecule has 3 N–H and O–H groups in total. The lowest BCUT2D eigenvalue weighted by Gasteiger charge is -2.20. The van der Waals surface area contributed by atoms with Gasteiger partial charge in [0.05, 0.1) is 5.75 Å². The molecule has 0 saturated carbocycles. The van der Waals surface area contributed by atoms with E-state index in [2.05, 4.69) is 51.2 Å². The fourth-order valence-electron chi connectivity index (χ4n) is 1.50. The third-order valence-corrected chi connectivity index (χ3v) is 3.63. The Morgan fingerprint density at radius 1 is 1.39 bits per heavy atom. The van der Waals surface area contributed by atoms with Crippen molar-refractivity contribution in [3.05, 3.63) is 29.3 Å². The van der Waals surface area contributed by atoms with Gasteiger partial charge in [-0.3, -0.25) is 4.79 Å². The quantitative estimate of drug-likeness (QED) is 0.805. The van der Waals surface area contributed by atoms with Crippen molar-refractivity contribution in [1.29, 1.82) is 0 Å². The Balaban J connectivity index is 2.64. The number of hydrogen-bond acceptors (Lipinski definition) is 3. The maximum Gasteiger partial charge on any atom is 0.227 e. The predicted octanol–water partition coefficient (Wildman–Crippen LogP) is 2.46. The lowest BCUT2D eigenvalue weighted by atomic mass is 10.1. The summed E-state index contributed by atoms with van der Waals surface area (Å²) >= 11 is 1.49. The highest BCUT2D eigenvalue weighted by molar-refractivity contribution is 8.00. The molecule has 0 aliphatic rings. The monoisotopic (exact) mass is 266 g/mol. The van der Waals surface area contributed by atoms with Crippen LogP contribution < -0.4 is 11.1 Å². The summed E-state index contributed by atoms with van der Waals surface area (Å²) in [5.74, 6) is 0.0540. The third kappa shape index (κ3) is 5.56. The van der Waals surface area contributed by atoms with Crippen LogP contribution in [0.25, 0.3) is 0 Å². The average molecular weight is 266 g/mol. The maximum atomic E-state index is 10.8. The minimum atomic E-state index is -0.280. The summed E-state index contributed by atoms with van der Waals surface area (Å²) in [5.41, 5.74) is 7.71. The third-order valence-electron chi connectivity index (χ3n) is 2.43. The molecule has 0 spiro atoms. The average Bonchev–Trinajstić information content (AvgIpc) is 2.24. The largest absolute Gasteiger partial charge is 0.369 e. The summed E-state index contributed by atoms with van der Waals surface area (Å²) in [6.07, 6.45) is 0. The van der Waals surface area contributed by atoms with Gasteiger partial charge in [0.15, 0.2) is 0 Å². The number of amides is 1. The lowest BCUT2D eigenvalue weighted by Crippen LogP contribution is -2.35. The van der Waals surface area contributed by atoms with Crippen molar-refractivity contribution in [2.75, 3.05) is 5.75 Å². The van der Waals surface area contributed by atoms with Gasteiger partial charge in [0.1, 0.15) is 0 Å². The van der Waals surface area contributed by atoms with Crippen LogP contribution in [0.5, 0.6) is 0 Å². The van der Waals surface area contributed by atoms with Gasteiger partial charge in [-0.1, -0.05) is 12.1 Å². The van der Waals surface area contributed by atoms with Crippen molar-refractivity contribution in [3.63, 3.8) is 0 Å². The molecule has 0 radical (unpaired) electrons. The van der Waals surface area contributed by atoms with Crippen molar-refractivity contribution < 1.29 is 4.79 Å². The highest BCUT2D eigenvalue weighted by Gasteiger charge is 2.09. The molecule has 0 fully saturated rings. The number of hydrogen-bond donors (Lipinski definition) is 2. The van der Waals surface area contributed by atoms with Gasteiger partial charge in [0.25, 0.3) is 0 Å². The molecule has 1 rings (SSSR count). The standard InChI is InChI=1S/C14H22N2OS/c1-10-7-11(8-16-14(2,3)4)5-6-12(10)18-9-13(15)17/h5-7,16H,8-9H2,1-4H3,(H2,15,17). The summed E-state index contributed by atoms with van der Waals surface area (Å²) in [4.78, 5) is 11.9. The topological polar surface area (TPSA) is 55.1 Å². The van der Waals surface area contributed by atoms with Gasteiger partial charge < -0.3 is 11.1 Å². The number of carbonyl (C=O) groups excluding carboxylic acids is 1. The van der Waals surface area contributed by atoms with Crippen molar-refractivity contribution >= 4 is 17.7 Å². The smallest absolute Gasteiger partial charge is 0.227 e. The van der Waals surface area contributed by atoms with E-state index in [1.54, 1.807) is 0 Å². The SMILES string of the molecule is Cc1cc(CNC(C)(C)C)ccc1SCC(N)=O. The van der Waals surface area contributed by atoms with Gasteiger partial charge in [-0.25, -0.2) is 0 Å². The number of nitrogens with one attached hydrogen (secondary N) is 1. The second-order valence-electron chi connectivity index (χ2n) is 5.46. The summed E-state index contributed by atoms with van der Waals surface area (Å²) < 4.78 is 0. The lowest BCUT2D eigenvalue weighted by molar-refractivity contribution is -0.115. The van der Waals surface area contributed by atoms with E-state index in [1.165, 1.54) is 22.9 Å². The molecular weight excluding hydrogens is 244 g/mol. The molecule has 0 unspecified atom stereocenters. The molecular formula is C14H22N2OS. The van der Waals surface area contributed by atoms with Crippen LogP contribution in [0.1, 0.15) is 31.9 Å². The number of carbonyl (C=O) groups is 1. The van der Waals surface area contributed by atoms with Crippen LogP contribution in [0.3, 0.4) is 0 Å². The maximum absolute atomic E-state index is 10.8. The molecule has 0 saturated heterocycles.